The Morgan fingerprint density at radius 2 is 1.89 bits per heavy atom. The van der Waals surface area contributed by atoms with E-state index in [1.54, 1.807) is 28.9 Å². The SMILES string of the molecule is CC(C)(C)c1cc(C#N)nn1-c1ccc(Cl)cc1Cl. The molecule has 0 N–H and O–H groups in total. The maximum atomic E-state index is 9.02. The first-order valence-corrected chi connectivity index (χ1v) is 6.54. The van der Waals surface area contributed by atoms with Crippen molar-refractivity contribution in [3.05, 3.63) is 45.7 Å². The van der Waals surface area contributed by atoms with Crippen LogP contribution < -0.4 is 0 Å². The Hall–Kier alpha value is -1.50. The zero-order chi connectivity index (χ0) is 14.2. The maximum Gasteiger partial charge on any atom is 0.163 e. The summed E-state index contributed by atoms with van der Waals surface area (Å²) in [5.41, 5.74) is 1.87. The van der Waals surface area contributed by atoms with E-state index in [1.165, 1.54) is 0 Å². The molecule has 0 atom stereocenters. The van der Waals surface area contributed by atoms with Crippen molar-refractivity contribution in [3.63, 3.8) is 0 Å². The molecule has 0 saturated heterocycles. The Morgan fingerprint density at radius 1 is 1.21 bits per heavy atom. The van der Waals surface area contributed by atoms with Crippen LogP contribution in [0.15, 0.2) is 24.3 Å². The average Bonchev–Trinajstić information content (AvgIpc) is 2.72. The molecule has 0 aliphatic carbocycles. The number of halogens is 2. The van der Waals surface area contributed by atoms with E-state index in [0.29, 0.717) is 15.7 Å². The van der Waals surface area contributed by atoms with Crippen LogP contribution in [0, 0.1) is 11.3 Å². The lowest BCUT2D eigenvalue weighted by Gasteiger charge is -2.20. The van der Waals surface area contributed by atoms with Crippen LogP contribution in [0.3, 0.4) is 0 Å². The molecule has 0 bridgehead atoms. The predicted octanol–water partition coefficient (Wildman–Crippen LogP) is 4.35. The molecule has 0 fully saturated rings. The van der Waals surface area contributed by atoms with Gasteiger partial charge in [-0.3, -0.25) is 0 Å². The fraction of sp³-hybridized carbons (Fsp3) is 0.286. The molecule has 2 aromatic rings. The van der Waals surface area contributed by atoms with E-state index in [-0.39, 0.29) is 5.41 Å². The molecule has 98 valence electrons. The van der Waals surface area contributed by atoms with E-state index in [1.807, 2.05) is 0 Å². The molecule has 0 spiro atoms. The molecular weight excluding hydrogens is 281 g/mol. The van der Waals surface area contributed by atoms with Gasteiger partial charge in [-0.1, -0.05) is 44.0 Å². The highest BCUT2D eigenvalue weighted by Gasteiger charge is 2.22. The van der Waals surface area contributed by atoms with Crippen molar-refractivity contribution >= 4 is 23.2 Å². The number of hydrogen-bond acceptors (Lipinski definition) is 2. The topological polar surface area (TPSA) is 41.6 Å². The zero-order valence-corrected chi connectivity index (χ0v) is 12.4. The molecule has 1 aromatic heterocycles. The molecule has 19 heavy (non-hydrogen) atoms. The third-order valence-electron chi connectivity index (χ3n) is 2.73. The highest BCUT2D eigenvalue weighted by Crippen LogP contribution is 2.30. The fourth-order valence-electron chi connectivity index (χ4n) is 1.81. The Bertz CT molecular complexity index is 660. The Labute approximate surface area is 122 Å². The van der Waals surface area contributed by atoms with Crippen LogP contribution in [0.25, 0.3) is 5.69 Å². The van der Waals surface area contributed by atoms with Crippen molar-refractivity contribution < 1.29 is 0 Å². The largest absolute Gasteiger partial charge is 0.234 e. The van der Waals surface area contributed by atoms with Crippen molar-refractivity contribution in [2.45, 2.75) is 26.2 Å². The lowest BCUT2D eigenvalue weighted by Crippen LogP contribution is -2.17. The maximum absolute atomic E-state index is 9.02. The van der Waals surface area contributed by atoms with Crippen molar-refractivity contribution in [3.8, 4) is 11.8 Å². The van der Waals surface area contributed by atoms with E-state index in [0.717, 1.165) is 11.4 Å². The van der Waals surface area contributed by atoms with E-state index in [9.17, 15) is 0 Å². The molecule has 0 radical (unpaired) electrons. The third-order valence-corrected chi connectivity index (χ3v) is 3.27. The highest BCUT2D eigenvalue weighted by atomic mass is 35.5. The molecule has 0 unspecified atom stereocenters. The smallest absolute Gasteiger partial charge is 0.163 e. The molecular formula is C14H13Cl2N3. The summed E-state index contributed by atoms with van der Waals surface area (Å²) in [5.74, 6) is 0. The van der Waals surface area contributed by atoms with E-state index in [4.69, 9.17) is 28.5 Å². The van der Waals surface area contributed by atoms with Crippen molar-refractivity contribution in [1.29, 1.82) is 5.26 Å². The second-order valence-corrected chi connectivity index (χ2v) is 6.13. The summed E-state index contributed by atoms with van der Waals surface area (Å²) < 4.78 is 1.71. The number of nitrogens with zero attached hydrogens (tertiary/aromatic N) is 3. The first-order chi connectivity index (χ1) is 8.82. The van der Waals surface area contributed by atoms with Crippen molar-refractivity contribution in [1.82, 2.24) is 9.78 Å². The Kier molecular flexibility index (Phi) is 3.58. The Balaban J connectivity index is 2.68. The van der Waals surface area contributed by atoms with Crippen LogP contribution in [-0.4, -0.2) is 9.78 Å². The van der Waals surface area contributed by atoms with Gasteiger partial charge in [0.25, 0.3) is 0 Å². The van der Waals surface area contributed by atoms with Gasteiger partial charge < -0.3 is 0 Å². The van der Waals surface area contributed by atoms with E-state index < -0.39 is 0 Å². The number of rotatable bonds is 1. The van der Waals surface area contributed by atoms with Gasteiger partial charge in [0.05, 0.1) is 16.4 Å². The normalized spacial score (nSPS) is 11.4. The second kappa shape index (κ2) is 4.88. The fourth-order valence-corrected chi connectivity index (χ4v) is 2.30. The number of benzene rings is 1. The first kappa shape index (κ1) is 13.9. The van der Waals surface area contributed by atoms with Gasteiger partial charge in [0.1, 0.15) is 6.07 Å². The van der Waals surface area contributed by atoms with Crippen molar-refractivity contribution in [2.75, 3.05) is 0 Å². The molecule has 2 rings (SSSR count). The predicted molar refractivity (Wildman–Crippen MR) is 77.0 cm³/mol. The molecule has 0 aliphatic rings. The summed E-state index contributed by atoms with van der Waals surface area (Å²) in [5, 5.41) is 14.4. The monoisotopic (exact) mass is 293 g/mol. The standard InChI is InChI=1S/C14H13Cl2N3/c1-14(2,3)13-7-10(8-17)18-19(13)12-5-4-9(15)6-11(12)16/h4-7H,1-3H3. The lowest BCUT2D eigenvalue weighted by molar-refractivity contribution is 0.544. The zero-order valence-electron chi connectivity index (χ0n) is 10.9. The van der Waals surface area contributed by atoms with Crippen LogP contribution >= 0.6 is 23.2 Å². The summed E-state index contributed by atoms with van der Waals surface area (Å²) >= 11 is 12.1. The number of hydrogen-bond donors (Lipinski definition) is 0. The average molecular weight is 294 g/mol. The highest BCUT2D eigenvalue weighted by molar-refractivity contribution is 6.35. The number of aromatic nitrogens is 2. The summed E-state index contributed by atoms with van der Waals surface area (Å²) in [7, 11) is 0. The van der Waals surface area contributed by atoms with E-state index >= 15 is 0 Å². The Morgan fingerprint density at radius 3 is 2.42 bits per heavy atom. The molecule has 3 nitrogen and oxygen atoms in total. The molecule has 5 heteroatoms. The van der Waals surface area contributed by atoms with Gasteiger partial charge in [-0.25, -0.2) is 4.68 Å². The van der Waals surface area contributed by atoms with Crippen LogP contribution in [0.5, 0.6) is 0 Å². The van der Waals surface area contributed by atoms with E-state index in [2.05, 4.69) is 31.9 Å². The molecule has 1 heterocycles. The lowest BCUT2D eigenvalue weighted by atomic mass is 9.92. The molecule has 0 amide bonds. The molecule has 1 aromatic carbocycles. The van der Waals surface area contributed by atoms with Gasteiger partial charge in [-0.2, -0.15) is 10.4 Å². The summed E-state index contributed by atoms with van der Waals surface area (Å²) in [6, 6.07) is 9.06. The van der Waals surface area contributed by atoms with Gasteiger partial charge in [0, 0.05) is 10.4 Å². The van der Waals surface area contributed by atoms with Gasteiger partial charge in [0.15, 0.2) is 5.69 Å². The quantitative estimate of drug-likeness (QED) is 0.784. The first-order valence-electron chi connectivity index (χ1n) is 5.79. The van der Waals surface area contributed by atoms with Crippen LogP contribution in [-0.2, 0) is 5.41 Å². The minimum Gasteiger partial charge on any atom is -0.234 e. The van der Waals surface area contributed by atoms with Crippen LogP contribution in [0.4, 0.5) is 0 Å². The van der Waals surface area contributed by atoms with Gasteiger partial charge >= 0.3 is 0 Å². The van der Waals surface area contributed by atoms with Gasteiger partial charge in [-0.05, 0) is 24.3 Å². The number of nitriles is 1. The molecule has 0 aliphatic heterocycles. The third kappa shape index (κ3) is 2.75. The summed E-state index contributed by atoms with van der Waals surface area (Å²) in [4.78, 5) is 0. The van der Waals surface area contributed by atoms with Crippen LogP contribution in [0.2, 0.25) is 10.0 Å². The van der Waals surface area contributed by atoms with Gasteiger partial charge in [-0.15, -0.1) is 0 Å². The minimum absolute atomic E-state index is 0.148. The summed E-state index contributed by atoms with van der Waals surface area (Å²) in [6.07, 6.45) is 0. The summed E-state index contributed by atoms with van der Waals surface area (Å²) in [6.45, 7) is 6.18. The minimum atomic E-state index is -0.148. The molecule has 0 saturated carbocycles. The van der Waals surface area contributed by atoms with Gasteiger partial charge in [0.2, 0.25) is 0 Å². The van der Waals surface area contributed by atoms with Crippen molar-refractivity contribution in [2.24, 2.45) is 0 Å². The van der Waals surface area contributed by atoms with Crippen LogP contribution in [0.1, 0.15) is 32.2 Å². The second-order valence-electron chi connectivity index (χ2n) is 5.28.